The Labute approximate surface area is 150 Å². The number of halogens is 1. The second-order valence-electron chi connectivity index (χ2n) is 6.99. The summed E-state index contributed by atoms with van der Waals surface area (Å²) in [5.41, 5.74) is 6.09. The molecule has 0 unspecified atom stereocenters. The molecule has 0 spiro atoms. The monoisotopic (exact) mass is 350 g/mol. The quantitative estimate of drug-likeness (QED) is 0.592. The summed E-state index contributed by atoms with van der Waals surface area (Å²) in [6.07, 6.45) is 0.906. The van der Waals surface area contributed by atoms with E-state index >= 15 is 0 Å². The first-order valence-corrected chi connectivity index (χ1v) is 8.70. The molecule has 2 aromatic carbocycles. The fourth-order valence-electron chi connectivity index (χ4n) is 3.70. The van der Waals surface area contributed by atoms with Gasteiger partial charge >= 0.3 is 0 Å². The van der Waals surface area contributed by atoms with E-state index < -0.39 is 0 Å². The Morgan fingerprint density at radius 1 is 1.19 bits per heavy atom. The molecule has 0 fully saturated rings. The van der Waals surface area contributed by atoms with Gasteiger partial charge < -0.3 is 19.2 Å². The molecular formula is C20H19FN4O. The average Bonchev–Trinajstić information content (AvgIpc) is 3.21. The normalized spacial score (nSPS) is 14.2. The van der Waals surface area contributed by atoms with E-state index in [2.05, 4.69) is 27.0 Å². The lowest BCUT2D eigenvalue weighted by Crippen LogP contribution is -2.29. The zero-order valence-electron chi connectivity index (χ0n) is 14.7. The van der Waals surface area contributed by atoms with Gasteiger partial charge in [-0.15, -0.1) is 0 Å². The lowest BCUT2D eigenvalue weighted by molar-refractivity contribution is 0.596. The molecule has 1 N–H and O–H groups in total. The van der Waals surface area contributed by atoms with Crippen LogP contribution < -0.4 is 9.80 Å². The Balaban J connectivity index is 1.52. The van der Waals surface area contributed by atoms with Gasteiger partial charge in [-0.25, -0.2) is 4.39 Å². The van der Waals surface area contributed by atoms with Crippen LogP contribution in [0.2, 0.25) is 0 Å². The van der Waals surface area contributed by atoms with Crippen LogP contribution in [-0.2, 0) is 13.0 Å². The maximum Gasteiger partial charge on any atom is 0.297 e. The summed E-state index contributed by atoms with van der Waals surface area (Å²) in [6, 6.07) is 11.7. The van der Waals surface area contributed by atoms with E-state index in [1.807, 2.05) is 31.1 Å². The topological polar surface area (TPSA) is 48.3 Å². The van der Waals surface area contributed by atoms with Crippen LogP contribution in [0, 0.1) is 5.82 Å². The molecule has 132 valence electrons. The summed E-state index contributed by atoms with van der Waals surface area (Å²) in [4.78, 5) is 12.0. The number of hydrogen-bond acceptors (Lipinski definition) is 4. The van der Waals surface area contributed by atoms with Crippen LogP contribution in [0.5, 0.6) is 0 Å². The zero-order chi connectivity index (χ0) is 17.8. The Kier molecular flexibility index (Phi) is 3.22. The fraction of sp³-hybridized carbons (Fsp3) is 0.250. The van der Waals surface area contributed by atoms with Crippen molar-refractivity contribution in [2.75, 3.05) is 30.4 Å². The standard InChI is InChI=1S/C20H19FN4O/c1-24(2)20-23-17-6-4-13(10-19(17)26-20)25-8-7-16-15(11-25)14-5-3-12(21)9-18(14)22-16/h3-6,9-10,22H,7-8,11H2,1-2H3. The SMILES string of the molecule is CN(C)c1nc2ccc(N3CCc4[nH]c5cc(F)ccc5c4C3)cc2o1. The molecular weight excluding hydrogens is 331 g/mol. The second kappa shape index (κ2) is 5.49. The van der Waals surface area contributed by atoms with Crippen molar-refractivity contribution in [1.82, 2.24) is 9.97 Å². The van der Waals surface area contributed by atoms with Crippen LogP contribution in [0.15, 0.2) is 40.8 Å². The molecule has 0 aliphatic carbocycles. The molecule has 0 amide bonds. The van der Waals surface area contributed by atoms with Gasteiger partial charge in [-0.3, -0.25) is 0 Å². The van der Waals surface area contributed by atoms with E-state index in [1.165, 1.54) is 17.3 Å². The summed E-state index contributed by atoms with van der Waals surface area (Å²) in [7, 11) is 3.83. The lowest BCUT2D eigenvalue weighted by atomic mass is 10.0. The minimum atomic E-state index is -0.208. The van der Waals surface area contributed by atoms with E-state index in [4.69, 9.17) is 4.42 Å². The fourth-order valence-corrected chi connectivity index (χ4v) is 3.70. The Hall–Kier alpha value is -3.02. The summed E-state index contributed by atoms with van der Waals surface area (Å²) in [5, 5.41) is 1.10. The van der Waals surface area contributed by atoms with Crippen LogP contribution >= 0.6 is 0 Å². The lowest BCUT2D eigenvalue weighted by Gasteiger charge is -2.29. The number of hydrogen-bond donors (Lipinski definition) is 1. The molecule has 0 saturated heterocycles. The van der Waals surface area contributed by atoms with Crippen molar-refractivity contribution in [2.45, 2.75) is 13.0 Å². The number of oxazole rings is 1. The highest BCUT2D eigenvalue weighted by Gasteiger charge is 2.22. The van der Waals surface area contributed by atoms with Crippen molar-refractivity contribution in [3.63, 3.8) is 0 Å². The third kappa shape index (κ3) is 2.33. The van der Waals surface area contributed by atoms with Crippen LogP contribution in [0.1, 0.15) is 11.3 Å². The van der Waals surface area contributed by atoms with Gasteiger partial charge in [0.2, 0.25) is 0 Å². The number of benzene rings is 2. The average molecular weight is 350 g/mol. The predicted molar refractivity (Wildman–Crippen MR) is 101 cm³/mol. The molecule has 0 atom stereocenters. The molecule has 1 aliphatic rings. The van der Waals surface area contributed by atoms with Gasteiger partial charge in [0.15, 0.2) is 5.58 Å². The molecule has 26 heavy (non-hydrogen) atoms. The number of aromatic nitrogens is 2. The molecule has 6 heteroatoms. The third-order valence-electron chi connectivity index (χ3n) is 5.05. The molecule has 2 aromatic heterocycles. The summed E-state index contributed by atoms with van der Waals surface area (Å²) >= 11 is 0. The van der Waals surface area contributed by atoms with E-state index in [0.717, 1.165) is 47.2 Å². The molecule has 0 radical (unpaired) electrons. The van der Waals surface area contributed by atoms with E-state index in [0.29, 0.717) is 6.01 Å². The van der Waals surface area contributed by atoms with Gasteiger partial charge in [-0.05, 0) is 30.3 Å². The number of aromatic amines is 1. The number of rotatable bonds is 2. The van der Waals surface area contributed by atoms with Gasteiger partial charge in [0, 0.05) is 67.5 Å². The Morgan fingerprint density at radius 3 is 2.92 bits per heavy atom. The van der Waals surface area contributed by atoms with E-state index in [1.54, 1.807) is 6.07 Å². The number of anilines is 2. The van der Waals surface area contributed by atoms with Crippen LogP contribution in [-0.4, -0.2) is 30.6 Å². The molecule has 4 aromatic rings. The first kappa shape index (κ1) is 15.3. The van der Waals surface area contributed by atoms with Gasteiger partial charge in [0.1, 0.15) is 11.3 Å². The van der Waals surface area contributed by atoms with Gasteiger partial charge in [-0.2, -0.15) is 4.98 Å². The minimum absolute atomic E-state index is 0.208. The number of nitrogens with one attached hydrogen (secondary N) is 1. The Bertz CT molecular complexity index is 1130. The molecule has 0 bridgehead atoms. The molecule has 3 heterocycles. The third-order valence-corrected chi connectivity index (χ3v) is 5.05. The second-order valence-corrected chi connectivity index (χ2v) is 6.99. The molecule has 1 aliphatic heterocycles. The maximum absolute atomic E-state index is 13.5. The highest BCUT2D eigenvalue weighted by molar-refractivity contribution is 5.86. The summed E-state index contributed by atoms with van der Waals surface area (Å²) in [5.74, 6) is -0.208. The van der Waals surface area contributed by atoms with Crippen LogP contribution in [0.3, 0.4) is 0 Å². The highest BCUT2D eigenvalue weighted by atomic mass is 19.1. The summed E-state index contributed by atoms with van der Waals surface area (Å²) < 4.78 is 19.3. The smallest absolute Gasteiger partial charge is 0.297 e. The van der Waals surface area contributed by atoms with Crippen LogP contribution in [0.25, 0.3) is 22.0 Å². The van der Waals surface area contributed by atoms with Gasteiger partial charge in [-0.1, -0.05) is 0 Å². The largest absolute Gasteiger partial charge is 0.423 e. The highest BCUT2D eigenvalue weighted by Crippen LogP contribution is 2.32. The van der Waals surface area contributed by atoms with Crippen molar-refractivity contribution in [3.05, 3.63) is 53.5 Å². The molecule has 0 saturated carbocycles. The van der Waals surface area contributed by atoms with Gasteiger partial charge in [0.25, 0.3) is 6.01 Å². The molecule has 5 nitrogen and oxygen atoms in total. The van der Waals surface area contributed by atoms with Crippen LogP contribution in [0.4, 0.5) is 16.1 Å². The number of fused-ring (bicyclic) bond motifs is 4. The zero-order valence-corrected chi connectivity index (χ0v) is 14.7. The Morgan fingerprint density at radius 2 is 2.08 bits per heavy atom. The van der Waals surface area contributed by atoms with Crippen molar-refractivity contribution < 1.29 is 8.81 Å². The molecule has 5 rings (SSSR count). The van der Waals surface area contributed by atoms with Crippen molar-refractivity contribution in [1.29, 1.82) is 0 Å². The van der Waals surface area contributed by atoms with Crippen molar-refractivity contribution in [2.24, 2.45) is 0 Å². The first-order valence-electron chi connectivity index (χ1n) is 8.70. The maximum atomic E-state index is 13.5. The van der Waals surface area contributed by atoms with E-state index in [-0.39, 0.29) is 5.82 Å². The van der Waals surface area contributed by atoms with E-state index in [9.17, 15) is 4.39 Å². The van der Waals surface area contributed by atoms with Gasteiger partial charge in [0.05, 0.1) is 0 Å². The minimum Gasteiger partial charge on any atom is -0.423 e. The first-order chi connectivity index (χ1) is 12.6. The number of nitrogens with zero attached hydrogens (tertiary/aromatic N) is 3. The van der Waals surface area contributed by atoms with Crippen molar-refractivity contribution >= 4 is 33.7 Å². The number of H-pyrrole nitrogens is 1. The predicted octanol–water partition coefficient (Wildman–Crippen LogP) is 4.08. The summed E-state index contributed by atoms with van der Waals surface area (Å²) in [6.45, 7) is 1.70. The van der Waals surface area contributed by atoms with Crippen molar-refractivity contribution in [3.8, 4) is 0 Å².